The number of nitro benzene ring substituents is 2. The van der Waals surface area contributed by atoms with Crippen LogP contribution in [-0.2, 0) is 46.2 Å². The quantitative estimate of drug-likeness (QED) is 0.137. The molecule has 0 radical (unpaired) electrons. The lowest BCUT2D eigenvalue weighted by atomic mass is 10.2. The van der Waals surface area contributed by atoms with Crippen molar-refractivity contribution in [2.75, 3.05) is 35.5 Å². The van der Waals surface area contributed by atoms with Crippen LogP contribution in [0.3, 0.4) is 0 Å². The molecule has 0 heterocycles. The van der Waals surface area contributed by atoms with Gasteiger partial charge in [-0.2, -0.15) is 0 Å². The van der Waals surface area contributed by atoms with Gasteiger partial charge >= 0.3 is 13.4 Å². The van der Waals surface area contributed by atoms with E-state index in [0.717, 1.165) is 4.90 Å². The minimum absolute atomic E-state index is 0. The molecule has 0 bridgehead atoms. The van der Waals surface area contributed by atoms with Gasteiger partial charge in [-0.05, 0) is 49.9 Å². The van der Waals surface area contributed by atoms with Gasteiger partial charge < -0.3 is 27.1 Å². The van der Waals surface area contributed by atoms with Crippen molar-refractivity contribution in [3.8, 4) is 5.75 Å². The molecule has 0 saturated heterocycles. The van der Waals surface area contributed by atoms with E-state index in [1.54, 1.807) is 26.0 Å². The molecule has 0 spiro atoms. The zero-order chi connectivity index (χ0) is 28.1. The zero-order valence-corrected chi connectivity index (χ0v) is 24.9. The Morgan fingerprint density at radius 2 is 1.11 bits per heavy atom. The minimum atomic E-state index is -2.80. The first-order valence-electron chi connectivity index (χ1n) is 9.58. The third-order valence-corrected chi connectivity index (χ3v) is 9.49. The molecule has 0 amide bonds. The van der Waals surface area contributed by atoms with Crippen LogP contribution in [0.5, 0.6) is 5.75 Å². The smallest absolute Gasteiger partial charge is 0.380 e. The number of hydrogen-bond acceptors (Lipinski definition) is 13. The van der Waals surface area contributed by atoms with Crippen molar-refractivity contribution in [2.45, 2.75) is 26.2 Å². The first-order valence-corrected chi connectivity index (χ1v) is 15.1. The van der Waals surface area contributed by atoms with Gasteiger partial charge in [-0.15, -0.1) is 12.6 Å². The number of hydrogen-bond donors (Lipinski definition) is 1. The van der Waals surface area contributed by atoms with Crippen molar-refractivity contribution in [3.63, 3.8) is 0 Å². The van der Waals surface area contributed by atoms with E-state index in [1.165, 1.54) is 59.8 Å². The van der Waals surface area contributed by atoms with Gasteiger partial charge in [0.25, 0.3) is 11.4 Å². The van der Waals surface area contributed by atoms with E-state index in [-0.39, 0.29) is 18.8 Å². The van der Waals surface area contributed by atoms with Crippen molar-refractivity contribution in [3.05, 3.63) is 67.8 Å². The maximum absolute atomic E-state index is 10.6. The normalized spacial score (nSPS) is 10.6. The van der Waals surface area contributed by atoms with Crippen LogP contribution in [0.15, 0.2) is 41.3 Å². The largest absolute Gasteiger partial charge is 0.424 e. The molecular formula is C20H32N2O10P2S3. The van der Waals surface area contributed by atoms with Crippen LogP contribution in [-0.4, -0.2) is 45.4 Å². The highest BCUT2D eigenvalue weighted by molar-refractivity contribution is 8.08. The van der Waals surface area contributed by atoms with E-state index in [4.69, 9.17) is 50.8 Å². The Morgan fingerprint density at radius 3 is 1.41 bits per heavy atom. The Hall–Kier alpha value is -1.51. The highest BCUT2D eigenvalue weighted by Gasteiger charge is 2.20. The molecule has 0 unspecified atom stereocenters. The molecule has 12 nitrogen and oxygen atoms in total. The Kier molecular flexibility index (Phi) is 18.2. The van der Waals surface area contributed by atoms with Gasteiger partial charge in [0.05, 0.1) is 9.85 Å². The lowest BCUT2D eigenvalue weighted by Crippen LogP contribution is -1.98. The van der Waals surface area contributed by atoms with E-state index >= 15 is 0 Å². The van der Waals surface area contributed by atoms with Gasteiger partial charge in [-0.25, -0.2) is 0 Å². The number of benzene rings is 2. The second kappa shape index (κ2) is 17.9. The Labute approximate surface area is 232 Å². The highest BCUT2D eigenvalue weighted by Crippen LogP contribution is 2.48. The summed E-state index contributed by atoms with van der Waals surface area (Å²) in [5.41, 5.74) is 1.30. The summed E-state index contributed by atoms with van der Waals surface area (Å²) in [4.78, 5) is 20.8. The molecule has 210 valence electrons. The molecule has 17 heteroatoms. The van der Waals surface area contributed by atoms with E-state index < -0.39 is 23.3 Å². The van der Waals surface area contributed by atoms with Gasteiger partial charge in [-0.1, -0.05) is 7.43 Å². The third-order valence-electron chi connectivity index (χ3n) is 4.08. The van der Waals surface area contributed by atoms with Gasteiger partial charge in [-0.3, -0.25) is 20.2 Å². The standard InChI is InChI=1S/C9H12NO5PS.C7H7NO2S.C3H9O3PS.CH4/c1-7-6-8(4-5-9(7)10(11)12)15-16(17,13-2)14-3;1-5-4-6(11)2-3-7(5)8(9)10;1-4-7(8,5-2)6-3;/h4-6H,1-3H3;2-4,11H,1H3;1-3H3;1H4. The SMILES string of the molecule is C.COP(=S)(OC)OC.COP(=S)(OC)Oc1ccc([N+](=O)[O-])c(C)c1.Cc1cc(S)ccc1[N+](=O)[O-]. The third kappa shape index (κ3) is 13.2. The fourth-order valence-corrected chi connectivity index (χ4v) is 3.88. The van der Waals surface area contributed by atoms with Gasteiger partial charge in [0.1, 0.15) is 5.75 Å². The predicted octanol–water partition coefficient (Wildman–Crippen LogP) is 6.78. The molecule has 0 aliphatic rings. The summed E-state index contributed by atoms with van der Waals surface area (Å²) in [6, 6.07) is 9.07. The number of aryl methyl sites for hydroxylation is 2. The number of nitro groups is 2. The van der Waals surface area contributed by atoms with Crippen LogP contribution < -0.4 is 4.52 Å². The van der Waals surface area contributed by atoms with Crippen LogP contribution in [0.2, 0.25) is 0 Å². The topological polar surface area (TPSA) is 142 Å². The minimum Gasteiger partial charge on any atom is -0.424 e. The van der Waals surface area contributed by atoms with E-state index in [1.807, 2.05) is 0 Å². The van der Waals surface area contributed by atoms with Crippen molar-refractivity contribution >= 4 is 61.1 Å². The summed E-state index contributed by atoms with van der Waals surface area (Å²) >= 11 is 13.8. The summed E-state index contributed by atoms with van der Waals surface area (Å²) in [7, 11) is 7.18. The Bertz CT molecular complexity index is 1110. The molecule has 0 atom stereocenters. The fourth-order valence-electron chi connectivity index (χ4n) is 2.24. The molecule has 0 N–H and O–H groups in total. The number of rotatable bonds is 9. The average Bonchev–Trinajstić information content (AvgIpc) is 2.83. The first kappa shape index (κ1) is 37.6. The maximum Gasteiger partial charge on any atom is 0.380 e. The summed E-state index contributed by atoms with van der Waals surface area (Å²) in [5, 5.41) is 20.9. The Balaban J connectivity index is 0. The van der Waals surface area contributed by atoms with Crippen LogP contribution >= 0.6 is 26.1 Å². The summed E-state index contributed by atoms with van der Waals surface area (Å²) < 4.78 is 29.4. The molecule has 37 heavy (non-hydrogen) atoms. The molecule has 0 aliphatic heterocycles. The summed E-state index contributed by atoms with van der Waals surface area (Å²) in [6.07, 6.45) is 0. The monoisotopic (exact) mass is 618 g/mol. The zero-order valence-electron chi connectivity index (χ0n) is 20.6. The van der Waals surface area contributed by atoms with Crippen LogP contribution in [0.25, 0.3) is 0 Å². The molecule has 2 aromatic rings. The molecule has 0 aliphatic carbocycles. The van der Waals surface area contributed by atoms with Gasteiger partial charge in [0.2, 0.25) is 0 Å². The second-order valence-electron chi connectivity index (χ2n) is 6.33. The number of thiol groups is 1. The van der Waals surface area contributed by atoms with E-state index in [0.29, 0.717) is 16.9 Å². The van der Waals surface area contributed by atoms with E-state index in [2.05, 4.69) is 12.6 Å². The highest BCUT2D eigenvalue weighted by atomic mass is 32.5. The molecular weight excluding hydrogens is 586 g/mol. The number of nitrogens with zero attached hydrogens (tertiary/aromatic N) is 2. The van der Waals surface area contributed by atoms with Crippen molar-refractivity contribution < 1.29 is 37.0 Å². The van der Waals surface area contributed by atoms with Gasteiger partial charge in [0, 0.05) is 75.5 Å². The van der Waals surface area contributed by atoms with Crippen LogP contribution in [0.1, 0.15) is 18.6 Å². The van der Waals surface area contributed by atoms with Crippen molar-refractivity contribution in [2.24, 2.45) is 0 Å². The van der Waals surface area contributed by atoms with Crippen molar-refractivity contribution in [1.29, 1.82) is 0 Å². The second-order valence-corrected chi connectivity index (χ2v) is 13.3. The first-order chi connectivity index (χ1) is 16.7. The molecule has 2 aromatic carbocycles. The summed E-state index contributed by atoms with van der Waals surface area (Å²) in [5.74, 6) is 0.389. The lowest BCUT2D eigenvalue weighted by Gasteiger charge is -2.18. The average molecular weight is 619 g/mol. The predicted molar refractivity (Wildman–Crippen MR) is 154 cm³/mol. The van der Waals surface area contributed by atoms with Crippen LogP contribution in [0.4, 0.5) is 11.4 Å². The molecule has 0 fully saturated rings. The van der Waals surface area contributed by atoms with Crippen LogP contribution in [0, 0.1) is 34.1 Å². The molecule has 2 rings (SSSR count). The molecule has 0 saturated carbocycles. The Morgan fingerprint density at radius 1 is 0.730 bits per heavy atom. The molecule has 0 aromatic heterocycles. The maximum atomic E-state index is 10.6. The lowest BCUT2D eigenvalue weighted by molar-refractivity contribution is -0.385. The fraction of sp³-hybridized carbons (Fsp3) is 0.400. The van der Waals surface area contributed by atoms with Gasteiger partial charge in [0.15, 0.2) is 0 Å². The van der Waals surface area contributed by atoms with E-state index in [9.17, 15) is 20.2 Å². The summed E-state index contributed by atoms with van der Waals surface area (Å²) in [6.45, 7) is -1.82. The van der Waals surface area contributed by atoms with Crippen molar-refractivity contribution in [1.82, 2.24) is 0 Å².